The number of hydrogen-bond acceptors (Lipinski definition) is 0. The van der Waals surface area contributed by atoms with Crippen LogP contribution in [0.2, 0.25) is 0 Å². The Morgan fingerprint density at radius 1 is 0.714 bits per heavy atom. The van der Waals surface area contributed by atoms with Crippen LogP contribution in [-0.4, -0.2) is 0 Å². The standard InChI is InChI=1S/C12H16.C8H7Cl/c1-12(2,3)10-9-11-7-5-4-6-8-11;9-7-6-8-4-2-1-3-5-8/h4-10H,1-3H3;1-7H. The van der Waals surface area contributed by atoms with Crippen molar-refractivity contribution in [2.45, 2.75) is 20.8 Å². The third-order valence-corrected chi connectivity index (χ3v) is 2.76. The highest BCUT2D eigenvalue weighted by Crippen LogP contribution is 2.16. The van der Waals surface area contributed by atoms with Gasteiger partial charge in [-0.05, 0) is 22.6 Å². The molecular formula is C20H23Cl. The van der Waals surface area contributed by atoms with Crippen LogP contribution in [0, 0.1) is 5.41 Å². The van der Waals surface area contributed by atoms with E-state index in [9.17, 15) is 0 Å². The number of hydrogen-bond donors (Lipinski definition) is 0. The summed E-state index contributed by atoms with van der Waals surface area (Å²) in [5.41, 5.74) is 4.19. The summed E-state index contributed by atoms with van der Waals surface area (Å²) in [4.78, 5) is 0. The van der Waals surface area contributed by atoms with E-state index in [2.05, 4.69) is 57.2 Å². The fourth-order valence-corrected chi connectivity index (χ4v) is 1.69. The quantitative estimate of drug-likeness (QED) is 0.583. The molecule has 0 aliphatic carbocycles. The molecule has 0 atom stereocenters. The molecule has 2 rings (SSSR count). The van der Waals surface area contributed by atoms with Gasteiger partial charge < -0.3 is 0 Å². The molecule has 0 amide bonds. The lowest BCUT2D eigenvalue weighted by Gasteiger charge is -2.10. The maximum atomic E-state index is 5.36. The van der Waals surface area contributed by atoms with E-state index in [0.29, 0.717) is 0 Å². The Kier molecular flexibility index (Phi) is 7.56. The molecule has 0 N–H and O–H groups in total. The molecule has 0 fully saturated rings. The lowest BCUT2D eigenvalue weighted by Crippen LogP contribution is -1.97. The van der Waals surface area contributed by atoms with Gasteiger partial charge in [0.05, 0.1) is 0 Å². The van der Waals surface area contributed by atoms with Crippen LogP contribution in [0.25, 0.3) is 12.2 Å². The number of allylic oxidation sites excluding steroid dienone is 1. The van der Waals surface area contributed by atoms with E-state index in [0.717, 1.165) is 5.56 Å². The minimum Gasteiger partial charge on any atom is -0.0929 e. The van der Waals surface area contributed by atoms with Gasteiger partial charge in [-0.1, -0.05) is 105 Å². The summed E-state index contributed by atoms with van der Waals surface area (Å²) in [5, 5.41) is 0. The van der Waals surface area contributed by atoms with Crippen molar-refractivity contribution in [3.63, 3.8) is 0 Å². The Hall–Kier alpha value is -1.79. The van der Waals surface area contributed by atoms with Crippen molar-refractivity contribution in [1.82, 2.24) is 0 Å². The average Bonchev–Trinajstić information content (AvgIpc) is 2.48. The maximum Gasteiger partial charge on any atom is 0.00484 e. The van der Waals surface area contributed by atoms with Gasteiger partial charge in [0.25, 0.3) is 0 Å². The third-order valence-electron chi connectivity index (χ3n) is 2.63. The Morgan fingerprint density at radius 2 is 1.14 bits per heavy atom. The van der Waals surface area contributed by atoms with E-state index in [1.165, 1.54) is 11.1 Å². The van der Waals surface area contributed by atoms with Crippen molar-refractivity contribution in [2.75, 3.05) is 0 Å². The van der Waals surface area contributed by atoms with Crippen molar-refractivity contribution >= 4 is 23.8 Å². The van der Waals surface area contributed by atoms with Crippen LogP contribution in [0.15, 0.2) is 72.3 Å². The molecule has 0 saturated heterocycles. The number of benzene rings is 2. The van der Waals surface area contributed by atoms with Crippen molar-refractivity contribution in [1.29, 1.82) is 0 Å². The van der Waals surface area contributed by atoms with Gasteiger partial charge in [0, 0.05) is 5.54 Å². The van der Waals surface area contributed by atoms with Crippen LogP contribution in [-0.2, 0) is 0 Å². The summed E-state index contributed by atoms with van der Waals surface area (Å²) in [6.07, 6.45) is 6.24. The molecule has 0 radical (unpaired) electrons. The topological polar surface area (TPSA) is 0 Å². The third kappa shape index (κ3) is 8.88. The molecular weight excluding hydrogens is 276 g/mol. The van der Waals surface area contributed by atoms with Gasteiger partial charge in [0.15, 0.2) is 0 Å². The summed E-state index contributed by atoms with van der Waals surface area (Å²) >= 11 is 5.36. The lowest BCUT2D eigenvalue weighted by molar-refractivity contribution is 0.547. The molecule has 0 heterocycles. The van der Waals surface area contributed by atoms with E-state index in [-0.39, 0.29) is 5.41 Å². The minimum absolute atomic E-state index is 0.274. The molecule has 0 aliphatic heterocycles. The molecule has 2 aromatic rings. The Morgan fingerprint density at radius 3 is 1.52 bits per heavy atom. The van der Waals surface area contributed by atoms with Crippen LogP contribution in [0.1, 0.15) is 31.9 Å². The second-order valence-corrected chi connectivity index (χ2v) is 6.07. The summed E-state index contributed by atoms with van der Waals surface area (Å²) in [6, 6.07) is 20.3. The normalized spacial score (nSPS) is 11.4. The fourth-order valence-electron chi connectivity index (χ4n) is 1.55. The highest BCUT2D eigenvalue weighted by atomic mass is 35.5. The predicted octanol–water partition coefficient (Wildman–Crippen LogP) is 6.64. The van der Waals surface area contributed by atoms with E-state index in [1.807, 2.05) is 42.5 Å². The van der Waals surface area contributed by atoms with Crippen molar-refractivity contribution in [2.24, 2.45) is 5.41 Å². The zero-order valence-corrected chi connectivity index (χ0v) is 13.7. The van der Waals surface area contributed by atoms with Crippen molar-refractivity contribution < 1.29 is 0 Å². The first kappa shape index (κ1) is 17.3. The summed E-state index contributed by atoms with van der Waals surface area (Å²) in [7, 11) is 0. The lowest BCUT2D eigenvalue weighted by atomic mass is 9.95. The second-order valence-electron chi connectivity index (χ2n) is 5.81. The Balaban J connectivity index is 0.000000219. The molecule has 0 nitrogen and oxygen atoms in total. The first-order valence-electron chi connectivity index (χ1n) is 7.07. The van der Waals surface area contributed by atoms with Gasteiger partial charge in [-0.25, -0.2) is 0 Å². The van der Waals surface area contributed by atoms with E-state index in [4.69, 9.17) is 11.6 Å². The molecule has 0 unspecified atom stereocenters. The van der Waals surface area contributed by atoms with Crippen molar-refractivity contribution in [3.8, 4) is 0 Å². The molecule has 2 aromatic carbocycles. The average molecular weight is 299 g/mol. The minimum atomic E-state index is 0.274. The molecule has 1 heteroatoms. The number of halogens is 1. The van der Waals surface area contributed by atoms with Gasteiger partial charge in [-0.15, -0.1) is 0 Å². The first-order chi connectivity index (χ1) is 10.0. The van der Waals surface area contributed by atoms with Crippen LogP contribution in [0.3, 0.4) is 0 Å². The first-order valence-corrected chi connectivity index (χ1v) is 7.51. The molecule has 0 bridgehead atoms. The fraction of sp³-hybridized carbons (Fsp3) is 0.200. The Labute approximate surface area is 133 Å². The van der Waals surface area contributed by atoms with Gasteiger partial charge >= 0.3 is 0 Å². The van der Waals surface area contributed by atoms with Crippen LogP contribution in [0.4, 0.5) is 0 Å². The summed E-state index contributed by atoms with van der Waals surface area (Å²) in [5.74, 6) is 0. The van der Waals surface area contributed by atoms with E-state index >= 15 is 0 Å². The van der Waals surface area contributed by atoms with E-state index < -0.39 is 0 Å². The highest BCUT2D eigenvalue weighted by molar-refractivity contribution is 6.27. The van der Waals surface area contributed by atoms with Crippen molar-refractivity contribution in [3.05, 3.63) is 83.4 Å². The maximum absolute atomic E-state index is 5.36. The zero-order chi connectivity index (χ0) is 15.6. The number of rotatable bonds is 2. The van der Waals surface area contributed by atoms with E-state index in [1.54, 1.807) is 0 Å². The van der Waals surface area contributed by atoms with Gasteiger partial charge in [0.2, 0.25) is 0 Å². The predicted molar refractivity (Wildman–Crippen MR) is 96.3 cm³/mol. The zero-order valence-electron chi connectivity index (χ0n) is 13.0. The summed E-state index contributed by atoms with van der Waals surface area (Å²) in [6.45, 7) is 6.60. The molecule has 21 heavy (non-hydrogen) atoms. The molecule has 0 aliphatic rings. The van der Waals surface area contributed by atoms with Gasteiger partial charge in [-0.2, -0.15) is 0 Å². The monoisotopic (exact) mass is 298 g/mol. The van der Waals surface area contributed by atoms with Crippen LogP contribution >= 0.6 is 11.6 Å². The molecule has 110 valence electrons. The second kappa shape index (κ2) is 9.20. The van der Waals surface area contributed by atoms with Crippen LogP contribution in [0.5, 0.6) is 0 Å². The molecule has 0 spiro atoms. The smallest absolute Gasteiger partial charge is 0.00484 e. The molecule has 0 aromatic heterocycles. The SMILES string of the molecule is CC(C)(C)C=Cc1ccccc1.ClC=Cc1ccccc1. The molecule has 0 saturated carbocycles. The van der Waals surface area contributed by atoms with Crippen LogP contribution < -0.4 is 0 Å². The van der Waals surface area contributed by atoms with Gasteiger partial charge in [0.1, 0.15) is 0 Å². The highest BCUT2D eigenvalue weighted by Gasteiger charge is 2.02. The Bertz CT molecular complexity index is 545. The van der Waals surface area contributed by atoms with Gasteiger partial charge in [-0.3, -0.25) is 0 Å². The summed E-state index contributed by atoms with van der Waals surface area (Å²) < 4.78 is 0. The largest absolute Gasteiger partial charge is 0.0929 e.